The average Bonchev–Trinajstić information content (AvgIpc) is 2.60. The van der Waals surface area contributed by atoms with Crippen LogP contribution in [0.2, 0.25) is 0 Å². The minimum atomic E-state index is -0.972. The molecule has 1 aromatic carbocycles. The highest BCUT2D eigenvalue weighted by Gasteiger charge is 2.42. The lowest BCUT2D eigenvalue weighted by atomic mass is 9.94. The molecule has 0 atom stereocenters. The Hall–Kier alpha value is -2.77. The number of benzene rings is 1. The molecule has 8 heteroatoms. The predicted molar refractivity (Wildman–Crippen MR) is 84.2 cm³/mol. The molecule has 0 spiro atoms. The van der Waals surface area contributed by atoms with E-state index < -0.39 is 23.8 Å². The molecule has 0 aromatic heterocycles. The van der Waals surface area contributed by atoms with Gasteiger partial charge in [-0.05, 0) is 24.1 Å². The van der Waals surface area contributed by atoms with Crippen LogP contribution in [0.4, 0.5) is 4.79 Å². The van der Waals surface area contributed by atoms with E-state index in [1.165, 1.54) is 35.4 Å². The molecule has 1 aromatic rings. The van der Waals surface area contributed by atoms with Crippen molar-refractivity contribution >= 4 is 17.8 Å². The van der Waals surface area contributed by atoms with Crippen molar-refractivity contribution in [1.29, 1.82) is 0 Å². The Kier molecular flexibility index (Phi) is 4.96. The number of methoxy groups -OCH3 is 3. The van der Waals surface area contributed by atoms with Crippen molar-refractivity contribution < 1.29 is 28.6 Å². The molecule has 0 bridgehead atoms. The zero-order valence-electron chi connectivity index (χ0n) is 14.3. The van der Waals surface area contributed by atoms with Gasteiger partial charge in [-0.3, -0.25) is 19.4 Å². The van der Waals surface area contributed by atoms with Crippen LogP contribution in [-0.4, -0.2) is 63.1 Å². The Morgan fingerprint density at radius 1 is 0.875 bits per heavy atom. The summed E-state index contributed by atoms with van der Waals surface area (Å²) in [6.45, 7) is 0. The average molecular weight is 336 g/mol. The third-order valence-corrected chi connectivity index (χ3v) is 4.00. The van der Waals surface area contributed by atoms with Crippen molar-refractivity contribution in [1.82, 2.24) is 9.80 Å². The summed E-state index contributed by atoms with van der Waals surface area (Å²) < 4.78 is 15.8. The van der Waals surface area contributed by atoms with Crippen molar-refractivity contribution in [3.8, 4) is 17.2 Å². The molecule has 130 valence electrons. The highest BCUT2D eigenvalue weighted by molar-refractivity contribution is 6.15. The summed E-state index contributed by atoms with van der Waals surface area (Å²) in [4.78, 5) is 38.3. The van der Waals surface area contributed by atoms with E-state index in [9.17, 15) is 14.4 Å². The van der Waals surface area contributed by atoms with Gasteiger partial charge in [0, 0.05) is 14.1 Å². The third kappa shape index (κ3) is 2.86. The number of urea groups is 1. The lowest BCUT2D eigenvalue weighted by Crippen LogP contribution is -2.57. The fraction of sp³-hybridized carbons (Fsp3) is 0.438. The first-order chi connectivity index (χ1) is 11.3. The smallest absolute Gasteiger partial charge is 0.332 e. The van der Waals surface area contributed by atoms with Gasteiger partial charge in [0.2, 0.25) is 17.6 Å². The summed E-state index contributed by atoms with van der Waals surface area (Å²) in [5.74, 6) is -0.746. The van der Waals surface area contributed by atoms with Crippen LogP contribution in [0.1, 0.15) is 5.56 Å². The van der Waals surface area contributed by atoms with Crippen molar-refractivity contribution in [2.24, 2.45) is 5.92 Å². The number of ether oxygens (including phenoxy) is 3. The molecule has 1 fully saturated rings. The van der Waals surface area contributed by atoms with Gasteiger partial charge in [-0.15, -0.1) is 0 Å². The number of imide groups is 2. The van der Waals surface area contributed by atoms with Crippen molar-refractivity contribution in [3.05, 3.63) is 17.7 Å². The van der Waals surface area contributed by atoms with Gasteiger partial charge in [0.15, 0.2) is 11.5 Å². The van der Waals surface area contributed by atoms with Crippen LogP contribution in [0.15, 0.2) is 12.1 Å². The second-order valence-electron chi connectivity index (χ2n) is 5.37. The summed E-state index contributed by atoms with van der Waals surface area (Å²) in [7, 11) is 7.17. The fourth-order valence-corrected chi connectivity index (χ4v) is 2.65. The quantitative estimate of drug-likeness (QED) is 0.744. The molecule has 0 unspecified atom stereocenters. The van der Waals surface area contributed by atoms with Crippen LogP contribution >= 0.6 is 0 Å². The highest BCUT2D eigenvalue weighted by Crippen LogP contribution is 2.39. The van der Waals surface area contributed by atoms with Gasteiger partial charge in [-0.2, -0.15) is 0 Å². The standard InChI is InChI=1S/C16H20N2O6/c1-17-14(19)10(15(20)18(2)16(17)21)6-9-7-11(22-3)13(24-5)12(8-9)23-4/h7-8,10H,6H2,1-5H3. The van der Waals surface area contributed by atoms with E-state index in [1.54, 1.807) is 12.1 Å². The monoisotopic (exact) mass is 336 g/mol. The van der Waals surface area contributed by atoms with Gasteiger partial charge in [0.05, 0.1) is 21.3 Å². The predicted octanol–water partition coefficient (Wildman–Crippen LogP) is 0.921. The second-order valence-corrected chi connectivity index (χ2v) is 5.37. The van der Waals surface area contributed by atoms with Gasteiger partial charge in [0.25, 0.3) is 0 Å². The summed E-state index contributed by atoms with van der Waals surface area (Å²) in [6.07, 6.45) is 0.121. The molecule has 0 aliphatic carbocycles. The van der Waals surface area contributed by atoms with E-state index in [4.69, 9.17) is 14.2 Å². The topological polar surface area (TPSA) is 85.4 Å². The number of amides is 4. The SMILES string of the molecule is COc1cc(CC2C(=O)N(C)C(=O)N(C)C2=O)cc(OC)c1OC. The molecule has 24 heavy (non-hydrogen) atoms. The number of hydrogen-bond acceptors (Lipinski definition) is 6. The zero-order valence-corrected chi connectivity index (χ0v) is 14.3. The van der Waals surface area contributed by atoms with Crippen molar-refractivity contribution in [3.63, 3.8) is 0 Å². The number of hydrogen-bond donors (Lipinski definition) is 0. The molecule has 0 radical (unpaired) electrons. The third-order valence-electron chi connectivity index (χ3n) is 4.00. The fourth-order valence-electron chi connectivity index (χ4n) is 2.65. The Morgan fingerprint density at radius 2 is 1.33 bits per heavy atom. The van der Waals surface area contributed by atoms with Gasteiger partial charge < -0.3 is 14.2 Å². The Labute approximate surface area is 139 Å². The molecule has 1 heterocycles. The molecule has 2 rings (SSSR count). The van der Waals surface area contributed by atoms with E-state index >= 15 is 0 Å². The molecular weight excluding hydrogens is 316 g/mol. The maximum Gasteiger partial charge on any atom is 0.332 e. The number of carbonyl (C=O) groups excluding carboxylic acids is 3. The summed E-state index contributed by atoms with van der Waals surface area (Å²) in [6, 6.07) is 2.72. The summed E-state index contributed by atoms with van der Waals surface area (Å²) >= 11 is 0. The van der Waals surface area contributed by atoms with Gasteiger partial charge in [-0.1, -0.05) is 0 Å². The van der Waals surface area contributed by atoms with E-state index in [2.05, 4.69) is 0 Å². The zero-order chi connectivity index (χ0) is 18.0. The van der Waals surface area contributed by atoms with Crippen LogP contribution in [0.25, 0.3) is 0 Å². The Balaban J connectivity index is 2.38. The lowest BCUT2D eigenvalue weighted by Gasteiger charge is -2.32. The van der Waals surface area contributed by atoms with Gasteiger partial charge >= 0.3 is 6.03 Å². The van der Waals surface area contributed by atoms with Crippen LogP contribution in [-0.2, 0) is 16.0 Å². The minimum Gasteiger partial charge on any atom is -0.493 e. The van der Waals surface area contributed by atoms with E-state index in [1.807, 2.05) is 0 Å². The first-order valence-electron chi connectivity index (χ1n) is 7.23. The number of nitrogens with zero attached hydrogens (tertiary/aromatic N) is 2. The number of rotatable bonds is 5. The van der Waals surface area contributed by atoms with Crippen LogP contribution in [0.5, 0.6) is 17.2 Å². The van der Waals surface area contributed by atoms with E-state index in [-0.39, 0.29) is 6.42 Å². The molecule has 0 saturated carbocycles. The van der Waals surface area contributed by atoms with Crippen LogP contribution in [0.3, 0.4) is 0 Å². The Bertz CT molecular complexity index is 638. The lowest BCUT2D eigenvalue weighted by molar-refractivity contribution is -0.147. The normalized spacial score (nSPS) is 15.8. The minimum absolute atomic E-state index is 0.121. The highest BCUT2D eigenvalue weighted by atomic mass is 16.5. The van der Waals surface area contributed by atoms with Gasteiger partial charge in [0.1, 0.15) is 5.92 Å². The molecule has 1 aliphatic heterocycles. The largest absolute Gasteiger partial charge is 0.493 e. The van der Waals surface area contributed by atoms with Crippen LogP contribution < -0.4 is 14.2 Å². The molecule has 1 saturated heterocycles. The maximum absolute atomic E-state index is 12.3. The maximum atomic E-state index is 12.3. The summed E-state index contributed by atoms with van der Waals surface area (Å²) in [5, 5.41) is 0. The first kappa shape index (κ1) is 17.6. The first-order valence-corrected chi connectivity index (χ1v) is 7.23. The number of barbiturate groups is 1. The molecule has 0 N–H and O–H groups in total. The van der Waals surface area contributed by atoms with Crippen molar-refractivity contribution in [2.75, 3.05) is 35.4 Å². The molecular formula is C16H20N2O6. The number of carbonyl (C=O) groups is 3. The van der Waals surface area contributed by atoms with E-state index in [0.717, 1.165) is 9.80 Å². The Morgan fingerprint density at radius 3 is 1.71 bits per heavy atom. The summed E-state index contributed by atoms with van der Waals surface area (Å²) in [5.41, 5.74) is 0.660. The van der Waals surface area contributed by atoms with E-state index in [0.29, 0.717) is 22.8 Å². The van der Waals surface area contributed by atoms with Crippen LogP contribution in [0, 0.1) is 5.92 Å². The molecule has 8 nitrogen and oxygen atoms in total. The molecule has 1 aliphatic rings. The van der Waals surface area contributed by atoms with Crippen molar-refractivity contribution in [2.45, 2.75) is 6.42 Å². The second kappa shape index (κ2) is 6.77. The molecule has 4 amide bonds. The van der Waals surface area contributed by atoms with Gasteiger partial charge in [-0.25, -0.2) is 4.79 Å².